The molecule has 118 valence electrons. The molecular weight excluding hydrogens is 304 g/mol. The van der Waals surface area contributed by atoms with Crippen molar-refractivity contribution in [2.75, 3.05) is 19.8 Å². The molecule has 2 unspecified atom stereocenters. The minimum atomic E-state index is -3.68. The molecule has 1 aromatic carbocycles. The second kappa shape index (κ2) is 5.92. The summed E-state index contributed by atoms with van der Waals surface area (Å²) in [5.41, 5.74) is 0.642. The van der Waals surface area contributed by atoms with E-state index in [-0.39, 0.29) is 30.7 Å². The summed E-state index contributed by atoms with van der Waals surface area (Å²) in [5.74, 6) is 0. The number of fused-ring (bicyclic) bond motifs is 1. The third kappa shape index (κ3) is 2.61. The van der Waals surface area contributed by atoms with Gasteiger partial charge in [0.15, 0.2) is 0 Å². The lowest BCUT2D eigenvalue weighted by atomic mass is 10.2. The third-order valence-corrected chi connectivity index (χ3v) is 5.88. The zero-order valence-corrected chi connectivity index (χ0v) is 13.0. The van der Waals surface area contributed by atoms with E-state index in [1.165, 1.54) is 4.31 Å². The van der Waals surface area contributed by atoms with Crippen LogP contribution in [0.4, 0.5) is 0 Å². The Morgan fingerprint density at radius 1 is 1.36 bits per heavy atom. The number of ether oxygens (including phenoxy) is 1. The van der Waals surface area contributed by atoms with Crippen LogP contribution in [0.25, 0.3) is 10.9 Å². The van der Waals surface area contributed by atoms with Crippen molar-refractivity contribution in [3.63, 3.8) is 0 Å². The Morgan fingerprint density at radius 3 is 2.95 bits per heavy atom. The van der Waals surface area contributed by atoms with Gasteiger partial charge in [-0.05, 0) is 31.2 Å². The molecule has 1 aliphatic rings. The lowest BCUT2D eigenvalue weighted by Crippen LogP contribution is -2.51. The first-order chi connectivity index (χ1) is 10.5. The largest absolute Gasteiger partial charge is 0.394 e. The number of benzene rings is 1. The Labute approximate surface area is 129 Å². The molecule has 1 N–H and O–H groups in total. The summed E-state index contributed by atoms with van der Waals surface area (Å²) in [6.07, 6.45) is 1.15. The maximum absolute atomic E-state index is 13.0. The number of aromatic nitrogens is 1. The average Bonchev–Trinajstić information content (AvgIpc) is 2.54. The Hall–Kier alpha value is -1.54. The monoisotopic (exact) mass is 322 g/mol. The number of nitrogens with zero attached hydrogens (tertiary/aromatic N) is 2. The first kappa shape index (κ1) is 15.4. The molecule has 2 heterocycles. The molecule has 0 spiro atoms. The molecule has 0 aliphatic carbocycles. The molecule has 1 fully saturated rings. The number of aliphatic hydroxyl groups is 1. The van der Waals surface area contributed by atoms with E-state index in [1.54, 1.807) is 43.5 Å². The van der Waals surface area contributed by atoms with E-state index in [0.717, 1.165) is 0 Å². The summed E-state index contributed by atoms with van der Waals surface area (Å²) >= 11 is 0. The second-order valence-corrected chi connectivity index (χ2v) is 7.25. The van der Waals surface area contributed by atoms with Crippen LogP contribution >= 0.6 is 0 Å². The summed E-state index contributed by atoms with van der Waals surface area (Å²) in [6.45, 7) is 2.02. The highest BCUT2D eigenvalue weighted by Crippen LogP contribution is 2.27. The van der Waals surface area contributed by atoms with E-state index in [1.807, 2.05) is 0 Å². The van der Waals surface area contributed by atoms with Crippen molar-refractivity contribution in [1.29, 1.82) is 0 Å². The van der Waals surface area contributed by atoms with E-state index in [2.05, 4.69) is 4.98 Å². The summed E-state index contributed by atoms with van der Waals surface area (Å²) in [5, 5.41) is 9.85. The average molecular weight is 322 g/mol. The molecule has 0 radical (unpaired) electrons. The lowest BCUT2D eigenvalue weighted by molar-refractivity contribution is -0.0516. The van der Waals surface area contributed by atoms with Gasteiger partial charge in [-0.25, -0.2) is 8.42 Å². The quantitative estimate of drug-likeness (QED) is 0.912. The predicted molar refractivity (Wildman–Crippen MR) is 81.9 cm³/mol. The molecular formula is C15H18N2O4S. The molecule has 7 heteroatoms. The first-order valence-electron chi connectivity index (χ1n) is 7.12. The first-order valence-corrected chi connectivity index (χ1v) is 8.56. The van der Waals surface area contributed by atoms with Crippen molar-refractivity contribution in [2.45, 2.75) is 24.0 Å². The van der Waals surface area contributed by atoms with Crippen LogP contribution < -0.4 is 0 Å². The van der Waals surface area contributed by atoms with E-state index in [9.17, 15) is 13.5 Å². The fraction of sp³-hybridized carbons (Fsp3) is 0.400. The van der Waals surface area contributed by atoms with Crippen molar-refractivity contribution in [1.82, 2.24) is 9.29 Å². The van der Waals surface area contributed by atoms with Crippen LogP contribution in [0.2, 0.25) is 0 Å². The summed E-state index contributed by atoms with van der Waals surface area (Å²) in [6, 6.07) is 8.27. The SMILES string of the molecule is CC1COC(CO)CN1S(=O)(=O)c1cccc2ncccc12. The summed E-state index contributed by atoms with van der Waals surface area (Å²) < 4.78 is 32.9. The van der Waals surface area contributed by atoms with Crippen molar-refractivity contribution >= 4 is 20.9 Å². The molecule has 1 aliphatic heterocycles. The molecule has 3 rings (SSSR count). The second-order valence-electron chi connectivity index (χ2n) is 5.39. The number of pyridine rings is 1. The van der Waals surface area contributed by atoms with Crippen LogP contribution in [-0.2, 0) is 14.8 Å². The number of morpholine rings is 1. The third-order valence-electron chi connectivity index (χ3n) is 3.84. The van der Waals surface area contributed by atoms with E-state index >= 15 is 0 Å². The van der Waals surface area contributed by atoms with Gasteiger partial charge in [0.25, 0.3) is 0 Å². The zero-order chi connectivity index (χ0) is 15.7. The Bertz CT molecular complexity index is 773. The topological polar surface area (TPSA) is 79.7 Å². The normalized spacial score (nSPS) is 23.7. The van der Waals surface area contributed by atoms with E-state index in [4.69, 9.17) is 4.74 Å². The number of rotatable bonds is 3. The van der Waals surface area contributed by atoms with Crippen LogP contribution in [-0.4, -0.2) is 54.7 Å². The van der Waals surface area contributed by atoms with Gasteiger partial charge in [0.05, 0.1) is 29.7 Å². The fourth-order valence-electron chi connectivity index (χ4n) is 2.66. The highest BCUT2D eigenvalue weighted by Gasteiger charge is 2.36. The molecule has 1 saturated heterocycles. The van der Waals surface area contributed by atoms with Gasteiger partial charge in [-0.2, -0.15) is 4.31 Å². The standard InChI is InChI=1S/C15H18N2O4S/c1-11-10-21-12(9-18)8-17(11)22(19,20)15-6-2-5-14-13(15)4-3-7-16-14/h2-7,11-12,18H,8-10H2,1H3. The maximum Gasteiger partial charge on any atom is 0.244 e. The summed E-state index contributed by atoms with van der Waals surface area (Å²) in [4.78, 5) is 4.44. The molecule has 6 nitrogen and oxygen atoms in total. The Kier molecular flexibility index (Phi) is 4.14. The van der Waals surface area contributed by atoms with Gasteiger partial charge in [0.2, 0.25) is 10.0 Å². The van der Waals surface area contributed by atoms with Crippen LogP contribution in [0, 0.1) is 0 Å². The molecule has 0 saturated carbocycles. The molecule has 0 amide bonds. The van der Waals surface area contributed by atoms with Crippen molar-refractivity contribution in [3.8, 4) is 0 Å². The smallest absolute Gasteiger partial charge is 0.244 e. The lowest BCUT2D eigenvalue weighted by Gasteiger charge is -2.36. The van der Waals surface area contributed by atoms with Crippen LogP contribution in [0.1, 0.15) is 6.92 Å². The number of sulfonamides is 1. The number of hydrogen-bond acceptors (Lipinski definition) is 5. The van der Waals surface area contributed by atoms with Crippen LogP contribution in [0.5, 0.6) is 0 Å². The van der Waals surface area contributed by atoms with Crippen LogP contribution in [0.3, 0.4) is 0 Å². The van der Waals surface area contributed by atoms with Gasteiger partial charge in [-0.3, -0.25) is 4.98 Å². The van der Waals surface area contributed by atoms with Gasteiger partial charge in [-0.15, -0.1) is 0 Å². The molecule has 2 aromatic rings. The number of hydrogen-bond donors (Lipinski definition) is 1. The van der Waals surface area contributed by atoms with Crippen LogP contribution in [0.15, 0.2) is 41.4 Å². The molecule has 0 bridgehead atoms. The Balaban J connectivity index is 2.08. The van der Waals surface area contributed by atoms with Gasteiger partial charge in [0.1, 0.15) is 0 Å². The van der Waals surface area contributed by atoms with Gasteiger partial charge >= 0.3 is 0 Å². The molecule has 2 atom stereocenters. The Morgan fingerprint density at radius 2 is 2.18 bits per heavy atom. The minimum absolute atomic E-state index is 0.149. The molecule has 22 heavy (non-hydrogen) atoms. The highest BCUT2D eigenvalue weighted by molar-refractivity contribution is 7.89. The van der Waals surface area contributed by atoms with Gasteiger partial charge < -0.3 is 9.84 Å². The summed E-state index contributed by atoms with van der Waals surface area (Å²) in [7, 11) is -3.68. The highest BCUT2D eigenvalue weighted by atomic mass is 32.2. The zero-order valence-electron chi connectivity index (χ0n) is 12.2. The van der Waals surface area contributed by atoms with Crippen molar-refractivity contribution in [2.24, 2.45) is 0 Å². The minimum Gasteiger partial charge on any atom is -0.394 e. The van der Waals surface area contributed by atoms with E-state index in [0.29, 0.717) is 10.9 Å². The predicted octanol–water partition coefficient (Wildman–Crippen LogP) is 1.01. The maximum atomic E-state index is 13.0. The van der Waals surface area contributed by atoms with Gasteiger partial charge in [-0.1, -0.05) is 6.07 Å². The fourth-order valence-corrected chi connectivity index (χ4v) is 4.51. The van der Waals surface area contributed by atoms with Gasteiger partial charge in [0, 0.05) is 24.2 Å². The number of aliphatic hydroxyl groups excluding tert-OH is 1. The van der Waals surface area contributed by atoms with Crippen molar-refractivity contribution in [3.05, 3.63) is 36.5 Å². The molecule has 1 aromatic heterocycles. The van der Waals surface area contributed by atoms with E-state index < -0.39 is 16.1 Å². The van der Waals surface area contributed by atoms with Crippen molar-refractivity contribution < 1.29 is 18.3 Å².